The van der Waals surface area contributed by atoms with Gasteiger partial charge < -0.3 is 10.6 Å². The first kappa shape index (κ1) is 20.1. The number of nitrogens with one attached hydrogen (secondary N) is 3. The largest absolute Gasteiger partial charge is 0.416 e. The van der Waals surface area contributed by atoms with Gasteiger partial charge in [0.2, 0.25) is 0 Å². The number of carbonyl (C=O) groups excluding carboxylic acids is 2. The number of nitrogens with zero attached hydrogens (tertiary/aromatic N) is 1. The summed E-state index contributed by atoms with van der Waals surface area (Å²) in [5.74, 6) is -1.08. The van der Waals surface area contributed by atoms with Crippen LogP contribution in [0.3, 0.4) is 0 Å². The molecule has 0 radical (unpaired) electrons. The average molecular weight is 424 g/mol. The molecule has 3 aromatic carbocycles. The minimum atomic E-state index is -4.51. The maximum absolute atomic E-state index is 12.9. The van der Waals surface area contributed by atoms with E-state index in [0.29, 0.717) is 16.6 Å². The number of aromatic nitrogens is 2. The third-order valence-electron chi connectivity index (χ3n) is 4.52. The van der Waals surface area contributed by atoms with Crippen molar-refractivity contribution in [1.82, 2.24) is 10.2 Å². The summed E-state index contributed by atoms with van der Waals surface area (Å²) in [6.07, 6.45) is -4.51. The van der Waals surface area contributed by atoms with Crippen LogP contribution in [0.1, 0.15) is 26.4 Å². The summed E-state index contributed by atoms with van der Waals surface area (Å²) < 4.78 is 38.6. The van der Waals surface area contributed by atoms with Crippen LogP contribution in [0.2, 0.25) is 0 Å². The quantitative estimate of drug-likeness (QED) is 0.427. The lowest BCUT2D eigenvalue weighted by molar-refractivity contribution is -0.137. The summed E-state index contributed by atoms with van der Waals surface area (Å²) in [7, 11) is 0. The first-order valence-corrected chi connectivity index (χ1v) is 9.14. The van der Waals surface area contributed by atoms with Gasteiger partial charge in [0.1, 0.15) is 0 Å². The van der Waals surface area contributed by atoms with Crippen molar-refractivity contribution < 1.29 is 22.8 Å². The molecule has 4 aromatic rings. The molecule has 0 bridgehead atoms. The van der Waals surface area contributed by atoms with Crippen LogP contribution in [0.25, 0.3) is 10.9 Å². The number of anilines is 2. The van der Waals surface area contributed by atoms with Gasteiger partial charge in [-0.2, -0.15) is 18.3 Å². The predicted octanol–water partition coefficient (Wildman–Crippen LogP) is 5.09. The van der Waals surface area contributed by atoms with Crippen LogP contribution in [0, 0.1) is 0 Å². The van der Waals surface area contributed by atoms with Crippen molar-refractivity contribution in [1.29, 1.82) is 0 Å². The van der Waals surface area contributed by atoms with Crippen LogP contribution in [0.5, 0.6) is 0 Å². The zero-order chi connectivity index (χ0) is 22.0. The van der Waals surface area contributed by atoms with Crippen LogP contribution in [0.15, 0.2) is 72.8 Å². The summed E-state index contributed by atoms with van der Waals surface area (Å²) in [6.45, 7) is 0. The number of hydrogen-bond acceptors (Lipinski definition) is 3. The Bertz CT molecular complexity index is 1280. The molecule has 0 saturated heterocycles. The lowest BCUT2D eigenvalue weighted by Crippen LogP contribution is -2.15. The maximum atomic E-state index is 12.9. The van der Waals surface area contributed by atoms with Crippen molar-refractivity contribution in [2.75, 3.05) is 10.6 Å². The molecule has 0 aliphatic rings. The van der Waals surface area contributed by atoms with Crippen molar-refractivity contribution >= 4 is 34.1 Å². The van der Waals surface area contributed by atoms with Gasteiger partial charge in [-0.15, -0.1) is 0 Å². The number of benzene rings is 3. The monoisotopic (exact) mass is 424 g/mol. The van der Waals surface area contributed by atoms with E-state index in [9.17, 15) is 22.8 Å². The van der Waals surface area contributed by atoms with Gasteiger partial charge in [0.25, 0.3) is 11.8 Å². The van der Waals surface area contributed by atoms with E-state index >= 15 is 0 Å². The van der Waals surface area contributed by atoms with Crippen LogP contribution in [-0.2, 0) is 6.18 Å². The fourth-order valence-electron chi connectivity index (χ4n) is 3.04. The van der Waals surface area contributed by atoms with Gasteiger partial charge in [-0.25, -0.2) is 0 Å². The van der Waals surface area contributed by atoms with Crippen molar-refractivity contribution in [3.8, 4) is 0 Å². The number of hydrogen-bond donors (Lipinski definition) is 3. The normalized spacial score (nSPS) is 11.3. The van der Waals surface area contributed by atoms with E-state index in [-0.39, 0.29) is 16.9 Å². The highest BCUT2D eigenvalue weighted by atomic mass is 19.4. The summed E-state index contributed by atoms with van der Waals surface area (Å²) in [5, 5.41) is 12.6. The van der Waals surface area contributed by atoms with Crippen LogP contribution in [0.4, 0.5) is 24.5 Å². The average Bonchev–Trinajstić information content (AvgIpc) is 3.18. The first-order valence-electron chi connectivity index (χ1n) is 9.14. The Morgan fingerprint density at radius 1 is 0.806 bits per heavy atom. The molecule has 0 saturated carbocycles. The molecule has 0 spiro atoms. The summed E-state index contributed by atoms with van der Waals surface area (Å²) in [6, 6.07) is 17.6. The highest BCUT2D eigenvalue weighted by molar-refractivity contribution is 6.11. The molecular formula is C22H15F3N4O2. The topological polar surface area (TPSA) is 86.9 Å². The number of rotatable bonds is 4. The van der Waals surface area contributed by atoms with E-state index in [0.717, 1.165) is 12.1 Å². The smallest absolute Gasteiger partial charge is 0.322 e. The Hall–Kier alpha value is -4.14. The Labute approximate surface area is 174 Å². The van der Waals surface area contributed by atoms with Crippen molar-refractivity contribution in [3.05, 3.63) is 89.6 Å². The van der Waals surface area contributed by atoms with Crippen molar-refractivity contribution in [2.24, 2.45) is 0 Å². The number of aromatic amines is 1. The molecule has 156 valence electrons. The van der Waals surface area contributed by atoms with E-state index in [4.69, 9.17) is 0 Å². The Balaban J connectivity index is 1.50. The van der Waals surface area contributed by atoms with Crippen molar-refractivity contribution in [2.45, 2.75) is 6.18 Å². The zero-order valence-corrected chi connectivity index (χ0v) is 15.8. The number of alkyl halides is 3. The van der Waals surface area contributed by atoms with Gasteiger partial charge in [0.05, 0.1) is 11.1 Å². The maximum Gasteiger partial charge on any atom is 0.416 e. The molecule has 1 aromatic heterocycles. The number of carbonyl (C=O) groups is 2. The van der Waals surface area contributed by atoms with E-state index in [2.05, 4.69) is 20.8 Å². The second-order valence-corrected chi connectivity index (χ2v) is 6.69. The van der Waals surface area contributed by atoms with E-state index in [1.54, 1.807) is 30.3 Å². The van der Waals surface area contributed by atoms with Gasteiger partial charge in [-0.05, 0) is 42.5 Å². The predicted molar refractivity (Wildman–Crippen MR) is 110 cm³/mol. The lowest BCUT2D eigenvalue weighted by Gasteiger charge is -2.10. The number of H-pyrrole nitrogens is 1. The van der Waals surface area contributed by atoms with Gasteiger partial charge in [0, 0.05) is 22.3 Å². The van der Waals surface area contributed by atoms with Crippen LogP contribution in [-0.4, -0.2) is 22.0 Å². The Kier molecular flexibility index (Phi) is 5.16. The number of halogens is 3. The SMILES string of the molecule is O=C(Nc1cccc(C(F)(F)F)c1)c1cccc(NC(=O)c2n[nH]c3ccccc23)c1. The van der Waals surface area contributed by atoms with Gasteiger partial charge >= 0.3 is 6.18 Å². The fourth-order valence-corrected chi connectivity index (χ4v) is 3.04. The Morgan fingerprint density at radius 2 is 1.48 bits per heavy atom. The molecule has 31 heavy (non-hydrogen) atoms. The molecule has 0 aliphatic carbocycles. The number of amides is 2. The molecule has 4 rings (SSSR count). The number of fused-ring (bicyclic) bond motifs is 1. The Morgan fingerprint density at radius 3 is 2.26 bits per heavy atom. The number of para-hydroxylation sites is 1. The van der Waals surface area contributed by atoms with E-state index < -0.39 is 23.6 Å². The third kappa shape index (κ3) is 4.40. The summed E-state index contributed by atoms with van der Waals surface area (Å²) in [4.78, 5) is 25.1. The molecule has 6 nitrogen and oxygen atoms in total. The second kappa shape index (κ2) is 7.94. The van der Waals surface area contributed by atoms with E-state index in [1.807, 2.05) is 6.07 Å². The highest BCUT2D eigenvalue weighted by Crippen LogP contribution is 2.30. The van der Waals surface area contributed by atoms with Crippen LogP contribution < -0.4 is 10.6 Å². The fraction of sp³-hybridized carbons (Fsp3) is 0.0455. The first-order chi connectivity index (χ1) is 14.8. The lowest BCUT2D eigenvalue weighted by atomic mass is 10.1. The second-order valence-electron chi connectivity index (χ2n) is 6.69. The molecule has 0 fully saturated rings. The minimum Gasteiger partial charge on any atom is -0.322 e. The molecule has 3 N–H and O–H groups in total. The highest BCUT2D eigenvalue weighted by Gasteiger charge is 2.30. The van der Waals surface area contributed by atoms with Crippen molar-refractivity contribution in [3.63, 3.8) is 0 Å². The molecule has 2 amide bonds. The molecular weight excluding hydrogens is 409 g/mol. The minimum absolute atomic E-state index is 0.0113. The van der Waals surface area contributed by atoms with Gasteiger partial charge in [-0.1, -0.05) is 30.3 Å². The standard InChI is InChI=1S/C22H15F3N4O2/c23-22(24,25)14-6-4-8-16(12-14)26-20(30)13-5-3-7-15(11-13)27-21(31)19-17-9-1-2-10-18(17)28-29-19/h1-12H,(H,26,30)(H,27,31)(H,28,29). The zero-order valence-electron chi connectivity index (χ0n) is 15.8. The molecule has 1 heterocycles. The van der Waals surface area contributed by atoms with E-state index in [1.165, 1.54) is 24.3 Å². The molecule has 0 aliphatic heterocycles. The third-order valence-corrected chi connectivity index (χ3v) is 4.52. The van der Waals surface area contributed by atoms with Gasteiger partial charge in [0.15, 0.2) is 5.69 Å². The molecule has 0 unspecified atom stereocenters. The summed E-state index contributed by atoms with van der Waals surface area (Å²) >= 11 is 0. The van der Waals surface area contributed by atoms with Crippen LogP contribution >= 0.6 is 0 Å². The van der Waals surface area contributed by atoms with Gasteiger partial charge in [-0.3, -0.25) is 14.7 Å². The molecule has 9 heteroatoms. The summed E-state index contributed by atoms with van der Waals surface area (Å²) in [5.41, 5.74) is 0.571. The molecule has 0 atom stereocenters.